The number of amides is 1. The first-order chi connectivity index (χ1) is 13.8. The Morgan fingerprint density at radius 1 is 1.18 bits per heavy atom. The minimum absolute atomic E-state index is 0.0991. The average Bonchev–Trinajstić information content (AvgIpc) is 3.37. The van der Waals surface area contributed by atoms with Crippen LogP contribution in [0.15, 0.2) is 53.1 Å². The van der Waals surface area contributed by atoms with Gasteiger partial charge < -0.3 is 14.6 Å². The topological polar surface area (TPSA) is 90.3 Å². The molecule has 2 N–H and O–H groups in total. The predicted octanol–water partition coefficient (Wildman–Crippen LogP) is 0.221. The average molecular weight is 381 g/mol. The van der Waals surface area contributed by atoms with Crippen molar-refractivity contribution in [3.05, 3.63) is 65.9 Å². The summed E-state index contributed by atoms with van der Waals surface area (Å²) in [7, 11) is 0. The van der Waals surface area contributed by atoms with E-state index in [-0.39, 0.29) is 11.9 Å². The van der Waals surface area contributed by atoms with Crippen LogP contribution in [0.5, 0.6) is 0 Å². The number of hydrogen-bond donors (Lipinski definition) is 2. The van der Waals surface area contributed by atoms with E-state index in [2.05, 4.69) is 20.8 Å². The second-order valence-corrected chi connectivity index (χ2v) is 7.26. The van der Waals surface area contributed by atoms with Crippen molar-refractivity contribution in [3.8, 4) is 0 Å². The molecule has 0 aliphatic carbocycles. The number of piperidine rings is 1. The van der Waals surface area contributed by atoms with E-state index >= 15 is 0 Å². The number of quaternary nitrogens is 1. The van der Waals surface area contributed by atoms with Crippen molar-refractivity contribution in [2.24, 2.45) is 0 Å². The van der Waals surface area contributed by atoms with Gasteiger partial charge in [-0.25, -0.2) is 4.68 Å². The Kier molecular flexibility index (Phi) is 5.77. The van der Waals surface area contributed by atoms with Crippen molar-refractivity contribution >= 4 is 5.91 Å². The minimum Gasteiger partial charge on any atom is -0.467 e. The fraction of sp³-hybridized carbons (Fsp3) is 0.400. The first kappa shape index (κ1) is 18.4. The maximum Gasteiger partial charge on any atom is 0.224 e. The third-order valence-electron chi connectivity index (χ3n) is 5.17. The van der Waals surface area contributed by atoms with E-state index in [1.807, 2.05) is 42.5 Å². The number of likely N-dealkylation sites (tertiary alicyclic amines) is 1. The van der Waals surface area contributed by atoms with E-state index in [0.29, 0.717) is 13.0 Å². The lowest BCUT2D eigenvalue weighted by molar-refractivity contribution is -0.919. The molecule has 0 spiro atoms. The molecule has 28 heavy (non-hydrogen) atoms. The molecule has 3 heterocycles. The molecule has 1 fully saturated rings. The van der Waals surface area contributed by atoms with Gasteiger partial charge in [-0.1, -0.05) is 30.3 Å². The summed E-state index contributed by atoms with van der Waals surface area (Å²) in [5.74, 6) is 1.79. The van der Waals surface area contributed by atoms with Crippen LogP contribution in [-0.4, -0.2) is 45.2 Å². The molecule has 0 unspecified atom stereocenters. The molecule has 0 bridgehead atoms. The van der Waals surface area contributed by atoms with Gasteiger partial charge in [-0.3, -0.25) is 4.79 Å². The second kappa shape index (κ2) is 8.79. The van der Waals surface area contributed by atoms with E-state index in [0.717, 1.165) is 49.6 Å². The van der Waals surface area contributed by atoms with Crippen molar-refractivity contribution in [2.45, 2.75) is 38.4 Å². The fourth-order valence-electron chi connectivity index (χ4n) is 3.65. The molecule has 1 amide bonds. The fourth-order valence-corrected chi connectivity index (χ4v) is 3.65. The van der Waals surface area contributed by atoms with Crippen molar-refractivity contribution in [3.63, 3.8) is 0 Å². The molecule has 3 aromatic rings. The molecule has 0 saturated carbocycles. The number of nitrogens with one attached hydrogen (secondary N) is 2. The molecule has 2 aromatic heterocycles. The number of hydrogen-bond acceptors (Lipinski definition) is 5. The minimum atomic E-state index is 0.0991. The van der Waals surface area contributed by atoms with Crippen LogP contribution in [0, 0.1) is 0 Å². The van der Waals surface area contributed by atoms with Crippen molar-refractivity contribution in [1.82, 2.24) is 25.5 Å². The lowest BCUT2D eigenvalue weighted by Crippen LogP contribution is -3.12. The van der Waals surface area contributed by atoms with Gasteiger partial charge in [0.1, 0.15) is 18.8 Å². The normalized spacial score (nSPS) is 19.4. The maximum absolute atomic E-state index is 12.3. The summed E-state index contributed by atoms with van der Waals surface area (Å²) in [6, 6.07) is 13.9. The molecule has 0 atom stereocenters. The van der Waals surface area contributed by atoms with Crippen LogP contribution in [0.1, 0.15) is 30.0 Å². The smallest absolute Gasteiger partial charge is 0.224 e. The number of carbonyl (C=O) groups excluding carboxylic acids is 1. The molecule has 1 saturated heterocycles. The molecule has 1 aliphatic rings. The first-order valence-corrected chi connectivity index (χ1v) is 9.70. The summed E-state index contributed by atoms with van der Waals surface area (Å²) in [5.41, 5.74) is 1.05. The van der Waals surface area contributed by atoms with Crippen LogP contribution >= 0.6 is 0 Å². The highest BCUT2D eigenvalue weighted by Gasteiger charge is 2.25. The third kappa shape index (κ3) is 4.83. The van der Waals surface area contributed by atoms with Crippen LogP contribution in [0.4, 0.5) is 0 Å². The zero-order chi connectivity index (χ0) is 19.2. The highest BCUT2D eigenvalue weighted by atomic mass is 16.3. The summed E-state index contributed by atoms with van der Waals surface area (Å²) < 4.78 is 7.17. The van der Waals surface area contributed by atoms with Crippen molar-refractivity contribution in [2.75, 3.05) is 13.1 Å². The Bertz CT molecular complexity index is 869. The number of nitrogens with zero attached hydrogens (tertiary/aromatic N) is 4. The van der Waals surface area contributed by atoms with Crippen LogP contribution < -0.4 is 10.2 Å². The Morgan fingerprint density at radius 3 is 2.75 bits per heavy atom. The van der Waals surface area contributed by atoms with E-state index in [1.165, 1.54) is 4.90 Å². The van der Waals surface area contributed by atoms with Crippen LogP contribution in [0.25, 0.3) is 0 Å². The predicted molar refractivity (Wildman–Crippen MR) is 101 cm³/mol. The zero-order valence-corrected chi connectivity index (χ0v) is 15.8. The van der Waals surface area contributed by atoms with Gasteiger partial charge in [0.15, 0.2) is 0 Å². The molecular weight excluding hydrogens is 356 g/mol. The number of benzene rings is 1. The SMILES string of the molecule is O=C(Cc1ccccc1)NC1CC[NH+](Cc2nnnn2Cc2ccco2)CC1. The highest BCUT2D eigenvalue weighted by molar-refractivity contribution is 5.78. The molecule has 146 valence electrons. The van der Waals surface area contributed by atoms with Crippen LogP contribution in [-0.2, 0) is 24.3 Å². The third-order valence-corrected chi connectivity index (χ3v) is 5.17. The second-order valence-electron chi connectivity index (χ2n) is 7.26. The quantitative estimate of drug-likeness (QED) is 0.611. The summed E-state index contributed by atoms with van der Waals surface area (Å²) >= 11 is 0. The molecule has 1 aromatic carbocycles. The van der Waals surface area contributed by atoms with Gasteiger partial charge in [-0.05, 0) is 28.1 Å². The number of rotatable bonds is 7. The standard InChI is InChI=1S/C20H24N6O2/c27-20(13-16-5-2-1-3-6-16)21-17-8-10-25(11-9-17)15-19-22-23-24-26(19)14-18-7-4-12-28-18/h1-7,12,17H,8-11,13-15H2,(H,21,27)/p+1. The number of furan rings is 1. The molecule has 8 nitrogen and oxygen atoms in total. The van der Waals surface area contributed by atoms with Gasteiger partial charge in [0.25, 0.3) is 0 Å². The molecule has 8 heteroatoms. The summed E-state index contributed by atoms with van der Waals surface area (Å²) in [5, 5.41) is 15.2. The highest BCUT2D eigenvalue weighted by Crippen LogP contribution is 2.05. The number of tetrazole rings is 1. The van der Waals surface area contributed by atoms with E-state index in [9.17, 15) is 4.79 Å². The van der Waals surface area contributed by atoms with E-state index < -0.39 is 0 Å². The Hall–Kier alpha value is -3.00. The Labute approximate surface area is 163 Å². The molecule has 1 aliphatic heterocycles. The monoisotopic (exact) mass is 381 g/mol. The van der Waals surface area contributed by atoms with E-state index in [4.69, 9.17) is 4.42 Å². The van der Waals surface area contributed by atoms with Gasteiger partial charge in [0.2, 0.25) is 11.7 Å². The Balaban J connectivity index is 1.24. The van der Waals surface area contributed by atoms with Gasteiger partial charge in [-0.2, -0.15) is 0 Å². The summed E-state index contributed by atoms with van der Waals surface area (Å²) in [6.07, 6.45) is 4.03. The molecule has 0 radical (unpaired) electrons. The lowest BCUT2D eigenvalue weighted by Gasteiger charge is -2.29. The van der Waals surface area contributed by atoms with Crippen LogP contribution in [0.3, 0.4) is 0 Å². The largest absolute Gasteiger partial charge is 0.467 e. The van der Waals surface area contributed by atoms with Crippen molar-refractivity contribution in [1.29, 1.82) is 0 Å². The summed E-state index contributed by atoms with van der Waals surface area (Å²) in [6.45, 7) is 3.30. The first-order valence-electron chi connectivity index (χ1n) is 9.70. The van der Waals surface area contributed by atoms with Gasteiger partial charge >= 0.3 is 0 Å². The van der Waals surface area contributed by atoms with Gasteiger partial charge in [0, 0.05) is 18.9 Å². The van der Waals surface area contributed by atoms with Gasteiger partial charge in [0.05, 0.1) is 25.8 Å². The Morgan fingerprint density at radius 2 is 2.00 bits per heavy atom. The lowest BCUT2D eigenvalue weighted by atomic mass is 10.0. The molecular formula is C20H25N6O2+. The molecule has 4 rings (SSSR count). The van der Waals surface area contributed by atoms with Crippen molar-refractivity contribution < 1.29 is 14.1 Å². The number of aromatic nitrogens is 4. The number of carbonyl (C=O) groups is 1. The maximum atomic E-state index is 12.3. The van der Waals surface area contributed by atoms with Gasteiger partial charge in [-0.15, -0.1) is 5.10 Å². The summed E-state index contributed by atoms with van der Waals surface area (Å²) in [4.78, 5) is 13.7. The zero-order valence-electron chi connectivity index (χ0n) is 15.8. The van der Waals surface area contributed by atoms with E-state index in [1.54, 1.807) is 10.9 Å². The van der Waals surface area contributed by atoms with Crippen LogP contribution in [0.2, 0.25) is 0 Å².